The van der Waals surface area contributed by atoms with Gasteiger partial charge >= 0.3 is 0 Å². The van der Waals surface area contributed by atoms with Crippen molar-refractivity contribution in [2.75, 3.05) is 32.6 Å². The summed E-state index contributed by atoms with van der Waals surface area (Å²) in [5, 5.41) is 6.35. The molecule has 0 aliphatic rings. The van der Waals surface area contributed by atoms with Crippen LogP contribution in [0.15, 0.2) is 40.2 Å². The van der Waals surface area contributed by atoms with Crippen LogP contribution in [0.25, 0.3) is 0 Å². The van der Waals surface area contributed by atoms with E-state index in [2.05, 4.69) is 15.6 Å². The maximum Gasteiger partial charge on any atom is 0.191 e. The third kappa shape index (κ3) is 7.47. The zero-order valence-electron chi connectivity index (χ0n) is 14.1. The Balaban J connectivity index is 2.51. The van der Waals surface area contributed by atoms with E-state index in [-0.39, 0.29) is 11.8 Å². The van der Waals surface area contributed by atoms with Gasteiger partial charge in [0.2, 0.25) is 0 Å². The first-order valence-electron chi connectivity index (χ1n) is 7.81. The summed E-state index contributed by atoms with van der Waals surface area (Å²) in [5.74, 6) is 0.766. The van der Waals surface area contributed by atoms with Gasteiger partial charge < -0.3 is 15.4 Å². The average molecular weight is 341 g/mol. The molecule has 1 aromatic rings. The van der Waals surface area contributed by atoms with Crippen molar-refractivity contribution in [2.24, 2.45) is 4.99 Å². The Bertz CT molecular complexity index is 573. The third-order valence-corrected chi connectivity index (χ3v) is 4.90. The maximum absolute atomic E-state index is 12.2. The van der Waals surface area contributed by atoms with Crippen molar-refractivity contribution in [3.05, 3.63) is 30.3 Å². The molecule has 0 saturated carbocycles. The minimum Gasteiger partial charge on any atom is -0.383 e. The fraction of sp³-hybridized carbons (Fsp3) is 0.562. The number of methoxy groups -OCH3 is 1. The van der Waals surface area contributed by atoms with Crippen LogP contribution in [0.1, 0.15) is 20.3 Å². The molecule has 23 heavy (non-hydrogen) atoms. The fourth-order valence-electron chi connectivity index (χ4n) is 2.04. The highest BCUT2D eigenvalue weighted by Crippen LogP contribution is 2.10. The van der Waals surface area contributed by atoms with E-state index in [9.17, 15) is 8.42 Å². The molecule has 0 radical (unpaired) electrons. The summed E-state index contributed by atoms with van der Waals surface area (Å²) in [5.41, 5.74) is 0. The summed E-state index contributed by atoms with van der Waals surface area (Å²) in [4.78, 5) is 4.77. The van der Waals surface area contributed by atoms with E-state index in [4.69, 9.17) is 4.74 Å². The van der Waals surface area contributed by atoms with Gasteiger partial charge in [0.1, 0.15) is 0 Å². The van der Waals surface area contributed by atoms with Crippen LogP contribution >= 0.6 is 0 Å². The van der Waals surface area contributed by atoms with Crippen molar-refractivity contribution >= 4 is 15.8 Å². The number of nitrogens with zero attached hydrogens (tertiary/aromatic N) is 1. The lowest BCUT2D eigenvalue weighted by Crippen LogP contribution is -2.44. The van der Waals surface area contributed by atoms with Gasteiger partial charge in [-0.1, -0.05) is 18.2 Å². The summed E-state index contributed by atoms with van der Waals surface area (Å²) < 4.78 is 29.4. The smallest absolute Gasteiger partial charge is 0.191 e. The molecule has 0 aliphatic heterocycles. The van der Waals surface area contributed by atoms with Crippen LogP contribution in [0.5, 0.6) is 0 Å². The Morgan fingerprint density at radius 1 is 1.30 bits per heavy atom. The van der Waals surface area contributed by atoms with Crippen molar-refractivity contribution in [1.82, 2.24) is 10.6 Å². The number of ether oxygens (including phenoxy) is 1. The van der Waals surface area contributed by atoms with E-state index < -0.39 is 9.84 Å². The SMILES string of the molecule is CCNC(=NCCCS(=O)(=O)c1ccccc1)NC(C)COC. The summed E-state index contributed by atoms with van der Waals surface area (Å²) in [6.07, 6.45) is 0.479. The second-order valence-corrected chi connectivity index (χ2v) is 7.36. The molecular weight excluding hydrogens is 314 g/mol. The molecule has 0 saturated heterocycles. The van der Waals surface area contributed by atoms with E-state index in [1.54, 1.807) is 37.4 Å². The number of nitrogens with one attached hydrogen (secondary N) is 2. The largest absolute Gasteiger partial charge is 0.383 e. The van der Waals surface area contributed by atoms with Gasteiger partial charge in [-0.05, 0) is 32.4 Å². The molecule has 0 aromatic heterocycles. The number of hydrogen-bond acceptors (Lipinski definition) is 4. The molecule has 0 amide bonds. The van der Waals surface area contributed by atoms with Gasteiger partial charge in [-0.15, -0.1) is 0 Å². The summed E-state index contributed by atoms with van der Waals surface area (Å²) in [6.45, 7) is 5.75. The topological polar surface area (TPSA) is 79.8 Å². The predicted octanol–water partition coefficient (Wildman–Crippen LogP) is 1.44. The number of sulfone groups is 1. The van der Waals surface area contributed by atoms with E-state index in [1.807, 2.05) is 13.8 Å². The highest BCUT2D eigenvalue weighted by Gasteiger charge is 2.13. The molecule has 7 heteroatoms. The highest BCUT2D eigenvalue weighted by molar-refractivity contribution is 7.91. The number of guanidine groups is 1. The number of rotatable bonds is 9. The third-order valence-electron chi connectivity index (χ3n) is 3.09. The molecule has 6 nitrogen and oxygen atoms in total. The van der Waals surface area contributed by atoms with Gasteiger partial charge in [-0.2, -0.15) is 0 Å². The van der Waals surface area contributed by atoms with Crippen molar-refractivity contribution < 1.29 is 13.2 Å². The zero-order chi connectivity index (χ0) is 17.1. The number of aliphatic imine (C=N–C) groups is 1. The molecule has 1 atom stereocenters. The lowest BCUT2D eigenvalue weighted by Gasteiger charge is -2.16. The van der Waals surface area contributed by atoms with Crippen molar-refractivity contribution in [1.29, 1.82) is 0 Å². The Morgan fingerprint density at radius 2 is 2.00 bits per heavy atom. The minimum absolute atomic E-state index is 0.0908. The second-order valence-electron chi connectivity index (χ2n) is 5.25. The lowest BCUT2D eigenvalue weighted by atomic mass is 10.4. The first kappa shape index (κ1) is 19.4. The molecule has 1 aromatic carbocycles. The Morgan fingerprint density at radius 3 is 2.61 bits per heavy atom. The fourth-order valence-corrected chi connectivity index (χ4v) is 3.35. The molecule has 0 aliphatic carbocycles. The van der Waals surface area contributed by atoms with Crippen molar-refractivity contribution in [2.45, 2.75) is 31.2 Å². The van der Waals surface area contributed by atoms with Crippen molar-refractivity contribution in [3.63, 3.8) is 0 Å². The van der Waals surface area contributed by atoms with E-state index >= 15 is 0 Å². The molecular formula is C16H27N3O3S. The monoisotopic (exact) mass is 341 g/mol. The molecule has 2 N–H and O–H groups in total. The molecule has 0 spiro atoms. The van der Waals surface area contributed by atoms with Crippen LogP contribution in [-0.4, -0.2) is 53.0 Å². The molecule has 1 unspecified atom stereocenters. The number of hydrogen-bond donors (Lipinski definition) is 2. The van der Waals surface area contributed by atoms with Gasteiger partial charge in [0, 0.05) is 26.2 Å². The van der Waals surface area contributed by atoms with Gasteiger partial charge in [0.05, 0.1) is 17.3 Å². The highest BCUT2D eigenvalue weighted by atomic mass is 32.2. The van der Waals surface area contributed by atoms with E-state index in [0.717, 1.165) is 6.54 Å². The molecule has 130 valence electrons. The first-order chi connectivity index (χ1) is 11.0. The molecule has 1 rings (SSSR count). The average Bonchev–Trinajstić information content (AvgIpc) is 2.53. The van der Waals surface area contributed by atoms with Gasteiger partial charge in [-0.25, -0.2) is 8.42 Å². The normalized spacial score (nSPS) is 13.6. The van der Waals surface area contributed by atoms with Gasteiger partial charge in [-0.3, -0.25) is 4.99 Å². The predicted molar refractivity (Wildman–Crippen MR) is 93.6 cm³/mol. The van der Waals surface area contributed by atoms with Crippen LogP contribution < -0.4 is 10.6 Å². The van der Waals surface area contributed by atoms with Crippen LogP contribution in [0.4, 0.5) is 0 Å². The van der Waals surface area contributed by atoms with E-state index in [0.29, 0.717) is 30.4 Å². The quantitative estimate of drug-likeness (QED) is 0.404. The maximum atomic E-state index is 12.2. The lowest BCUT2D eigenvalue weighted by molar-refractivity contribution is 0.179. The van der Waals surface area contributed by atoms with Crippen LogP contribution in [-0.2, 0) is 14.6 Å². The standard InChI is InChI=1S/C16H27N3O3S/c1-4-17-16(19-14(2)13-22-3)18-11-8-12-23(20,21)15-9-6-5-7-10-15/h5-7,9-10,14H,4,8,11-13H2,1-3H3,(H2,17,18,19). The summed E-state index contributed by atoms with van der Waals surface area (Å²) in [7, 11) is -1.58. The second kappa shape index (κ2) is 10.2. The van der Waals surface area contributed by atoms with Crippen LogP contribution in [0, 0.1) is 0 Å². The van der Waals surface area contributed by atoms with Gasteiger partial charge in [0.15, 0.2) is 15.8 Å². The van der Waals surface area contributed by atoms with Crippen molar-refractivity contribution in [3.8, 4) is 0 Å². The van der Waals surface area contributed by atoms with E-state index in [1.165, 1.54) is 0 Å². The molecule has 0 heterocycles. The Kier molecular flexibility index (Phi) is 8.65. The Labute approximate surface area is 139 Å². The minimum atomic E-state index is -3.23. The first-order valence-corrected chi connectivity index (χ1v) is 9.46. The zero-order valence-corrected chi connectivity index (χ0v) is 14.9. The Hall–Kier alpha value is -1.60. The molecule has 0 fully saturated rings. The summed E-state index contributed by atoms with van der Waals surface area (Å²) in [6, 6.07) is 8.64. The molecule has 0 bridgehead atoms. The number of benzene rings is 1. The van der Waals surface area contributed by atoms with Crippen LogP contribution in [0.2, 0.25) is 0 Å². The van der Waals surface area contributed by atoms with Crippen LogP contribution in [0.3, 0.4) is 0 Å². The van der Waals surface area contributed by atoms with Gasteiger partial charge in [0.25, 0.3) is 0 Å². The summed E-state index contributed by atoms with van der Waals surface area (Å²) >= 11 is 0.